The summed E-state index contributed by atoms with van der Waals surface area (Å²) in [5, 5.41) is 9.54. The van der Waals surface area contributed by atoms with Gasteiger partial charge in [0.25, 0.3) is 0 Å². The monoisotopic (exact) mass is 204 g/mol. The van der Waals surface area contributed by atoms with Crippen molar-refractivity contribution in [2.75, 3.05) is 20.3 Å². The van der Waals surface area contributed by atoms with Crippen LogP contribution in [0.4, 0.5) is 0 Å². The predicted molar refractivity (Wildman–Crippen MR) is 53.0 cm³/mol. The number of carbonyl (C=O) groups is 1. The van der Waals surface area contributed by atoms with Gasteiger partial charge in [-0.25, -0.2) is 4.79 Å². The van der Waals surface area contributed by atoms with Gasteiger partial charge in [0.05, 0.1) is 13.7 Å². The maximum absolute atomic E-state index is 11.0. The summed E-state index contributed by atoms with van der Waals surface area (Å²) in [7, 11) is 1.24. The van der Waals surface area contributed by atoms with Gasteiger partial charge in [-0.05, 0) is 13.3 Å². The molecule has 0 radical (unpaired) electrons. The lowest BCUT2D eigenvalue weighted by atomic mass is 10.1. The van der Waals surface area contributed by atoms with Crippen LogP contribution in [0.25, 0.3) is 0 Å². The molecule has 0 aliphatic carbocycles. The van der Waals surface area contributed by atoms with Gasteiger partial charge in [-0.2, -0.15) is 0 Å². The number of esters is 1. The average Bonchev–Trinajstić information content (AvgIpc) is 2.16. The van der Waals surface area contributed by atoms with Crippen molar-refractivity contribution in [3.05, 3.63) is 0 Å². The molecule has 0 saturated heterocycles. The minimum Gasteiger partial charge on any atom is -0.467 e. The zero-order valence-corrected chi connectivity index (χ0v) is 9.21. The molecular formula is C10H20O4. The molecule has 0 fully saturated rings. The fraction of sp³-hybridized carbons (Fsp3) is 0.900. The van der Waals surface area contributed by atoms with Gasteiger partial charge in [0.15, 0.2) is 5.60 Å². The SMILES string of the molecule is CCCCCOCC(C)(O)C(=O)OC. The molecule has 0 aliphatic rings. The highest BCUT2D eigenvalue weighted by Gasteiger charge is 2.31. The predicted octanol–water partition coefficient (Wildman–Crippen LogP) is 1.12. The van der Waals surface area contributed by atoms with E-state index in [1.54, 1.807) is 0 Å². The molecule has 4 nitrogen and oxygen atoms in total. The lowest BCUT2D eigenvalue weighted by Gasteiger charge is -2.19. The quantitative estimate of drug-likeness (QED) is 0.498. The number of aliphatic hydroxyl groups is 1. The van der Waals surface area contributed by atoms with E-state index >= 15 is 0 Å². The fourth-order valence-corrected chi connectivity index (χ4v) is 1.00. The van der Waals surface area contributed by atoms with E-state index in [-0.39, 0.29) is 6.61 Å². The summed E-state index contributed by atoms with van der Waals surface area (Å²) in [4.78, 5) is 11.0. The Morgan fingerprint density at radius 1 is 1.43 bits per heavy atom. The van der Waals surface area contributed by atoms with Crippen molar-refractivity contribution in [2.45, 2.75) is 38.7 Å². The molecule has 0 spiro atoms. The van der Waals surface area contributed by atoms with Crippen LogP contribution in [0, 0.1) is 0 Å². The Kier molecular flexibility index (Phi) is 6.49. The average molecular weight is 204 g/mol. The lowest BCUT2D eigenvalue weighted by Crippen LogP contribution is -2.41. The molecule has 0 saturated carbocycles. The smallest absolute Gasteiger partial charge is 0.339 e. The molecule has 1 N–H and O–H groups in total. The van der Waals surface area contributed by atoms with E-state index in [4.69, 9.17) is 4.74 Å². The van der Waals surface area contributed by atoms with Gasteiger partial charge in [-0.1, -0.05) is 19.8 Å². The highest BCUT2D eigenvalue weighted by Crippen LogP contribution is 2.06. The molecule has 0 rings (SSSR count). The van der Waals surface area contributed by atoms with E-state index in [1.807, 2.05) is 0 Å². The summed E-state index contributed by atoms with van der Waals surface area (Å²) in [6.07, 6.45) is 3.17. The van der Waals surface area contributed by atoms with Crippen LogP contribution in [0.1, 0.15) is 33.1 Å². The number of rotatable bonds is 7. The van der Waals surface area contributed by atoms with E-state index in [1.165, 1.54) is 14.0 Å². The van der Waals surface area contributed by atoms with Gasteiger partial charge in [0, 0.05) is 6.61 Å². The van der Waals surface area contributed by atoms with E-state index < -0.39 is 11.6 Å². The molecule has 0 bridgehead atoms. The van der Waals surface area contributed by atoms with Gasteiger partial charge in [-0.3, -0.25) is 0 Å². The normalized spacial score (nSPS) is 14.9. The van der Waals surface area contributed by atoms with Gasteiger partial charge in [0.1, 0.15) is 0 Å². The Morgan fingerprint density at radius 2 is 2.07 bits per heavy atom. The second kappa shape index (κ2) is 6.79. The van der Waals surface area contributed by atoms with Gasteiger partial charge >= 0.3 is 5.97 Å². The summed E-state index contributed by atoms with van der Waals surface area (Å²) in [5.74, 6) is -0.659. The summed E-state index contributed by atoms with van der Waals surface area (Å²) in [6, 6.07) is 0. The summed E-state index contributed by atoms with van der Waals surface area (Å²) < 4.78 is 9.60. The number of ether oxygens (including phenoxy) is 2. The van der Waals surface area contributed by atoms with Crippen LogP contribution in [0.15, 0.2) is 0 Å². The minimum atomic E-state index is -1.53. The molecule has 0 aromatic rings. The molecule has 0 heterocycles. The van der Waals surface area contributed by atoms with Crippen molar-refractivity contribution < 1.29 is 19.4 Å². The van der Waals surface area contributed by atoms with Crippen molar-refractivity contribution in [2.24, 2.45) is 0 Å². The largest absolute Gasteiger partial charge is 0.467 e. The van der Waals surface area contributed by atoms with Crippen LogP contribution in [0.3, 0.4) is 0 Å². The number of hydrogen-bond acceptors (Lipinski definition) is 4. The van der Waals surface area contributed by atoms with E-state index in [0.717, 1.165) is 19.3 Å². The van der Waals surface area contributed by atoms with Crippen molar-refractivity contribution in [1.82, 2.24) is 0 Å². The molecule has 84 valence electrons. The van der Waals surface area contributed by atoms with Crippen LogP contribution in [-0.4, -0.2) is 37.0 Å². The van der Waals surface area contributed by atoms with E-state index in [2.05, 4.69) is 11.7 Å². The molecule has 4 heteroatoms. The zero-order valence-electron chi connectivity index (χ0n) is 9.21. The van der Waals surface area contributed by atoms with Gasteiger partial charge < -0.3 is 14.6 Å². The number of carbonyl (C=O) groups excluding carboxylic acids is 1. The third-order valence-electron chi connectivity index (χ3n) is 1.90. The van der Waals surface area contributed by atoms with Crippen molar-refractivity contribution >= 4 is 5.97 Å². The van der Waals surface area contributed by atoms with Crippen LogP contribution in [0.5, 0.6) is 0 Å². The molecule has 1 atom stereocenters. The molecule has 0 aliphatic heterocycles. The first-order chi connectivity index (χ1) is 6.54. The van der Waals surface area contributed by atoms with Crippen LogP contribution >= 0.6 is 0 Å². The Balaban J connectivity index is 3.60. The van der Waals surface area contributed by atoms with Crippen molar-refractivity contribution in [1.29, 1.82) is 0 Å². The summed E-state index contributed by atoms with van der Waals surface area (Å²) >= 11 is 0. The Hall–Kier alpha value is -0.610. The molecule has 0 amide bonds. The summed E-state index contributed by atoms with van der Waals surface area (Å²) in [6.45, 7) is 4.05. The standard InChI is InChI=1S/C10H20O4/c1-4-5-6-7-14-8-10(2,12)9(11)13-3/h12H,4-8H2,1-3H3. The topological polar surface area (TPSA) is 55.8 Å². The fourth-order valence-electron chi connectivity index (χ4n) is 1.00. The zero-order chi connectivity index (χ0) is 11.0. The molecular weight excluding hydrogens is 184 g/mol. The van der Waals surface area contributed by atoms with Crippen molar-refractivity contribution in [3.63, 3.8) is 0 Å². The Bertz CT molecular complexity index is 166. The number of unbranched alkanes of at least 4 members (excludes halogenated alkanes) is 2. The first kappa shape index (κ1) is 13.4. The number of methoxy groups -OCH3 is 1. The van der Waals surface area contributed by atoms with Gasteiger partial charge in [0.2, 0.25) is 0 Å². The maximum atomic E-state index is 11.0. The van der Waals surface area contributed by atoms with E-state index in [9.17, 15) is 9.90 Å². The first-order valence-electron chi connectivity index (χ1n) is 4.93. The van der Waals surface area contributed by atoms with Crippen LogP contribution < -0.4 is 0 Å². The molecule has 0 aromatic carbocycles. The maximum Gasteiger partial charge on any atom is 0.339 e. The number of hydrogen-bond donors (Lipinski definition) is 1. The second-order valence-electron chi connectivity index (χ2n) is 3.53. The lowest BCUT2D eigenvalue weighted by molar-refractivity contribution is -0.166. The molecule has 14 heavy (non-hydrogen) atoms. The minimum absolute atomic E-state index is 0.0105. The molecule has 0 aromatic heterocycles. The Labute approximate surface area is 85.2 Å². The van der Waals surface area contributed by atoms with Crippen molar-refractivity contribution in [3.8, 4) is 0 Å². The van der Waals surface area contributed by atoms with Crippen LogP contribution in [0.2, 0.25) is 0 Å². The molecule has 1 unspecified atom stereocenters. The van der Waals surface area contributed by atoms with Gasteiger partial charge in [-0.15, -0.1) is 0 Å². The third kappa shape index (κ3) is 5.19. The van der Waals surface area contributed by atoms with E-state index in [0.29, 0.717) is 6.61 Å². The van der Waals surface area contributed by atoms with Crippen LogP contribution in [-0.2, 0) is 14.3 Å². The highest BCUT2D eigenvalue weighted by molar-refractivity contribution is 5.78. The Morgan fingerprint density at radius 3 is 2.57 bits per heavy atom. The third-order valence-corrected chi connectivity index (χ3v) is 1.90. The second-order valence-corrected chi connectivity index (χ2v) is 3.53. The highest BCUT2D eigenvalue weighted by atomic mass is 16.6. The first-order valence-corrected chi connectivity index (χ1v) is 4.93. The summed E-state index contributed by atoms with van der Waals surface area (Å²) in [5.41, 5.74) is -1.53.